The first-order valence-corrected chi connectivity index (χ1v) is 13.1. The lowest BCUT2D eigenvalue weighted by molar-refractivity contribution is -0.148. The van der Waals surface area contributed by atoms with Crippen molar-refractivity contribution in [3.63, 3.8) is 0 Å². The van der Waals surface area contributed by atoms with E-state index in [0.29, 0.717) is 19.5 Å². The highest BCUT2D eigenvalue weighted by molar-refractivity contribution is 5.97. The molecule has 2 unspecified atom stereocenters. The van der Waals surface area contributed by atoms with E-state index in [1.165, 1.54) is 12.5 Å². The third-order valence-electron chi connectivity index (χ3n) is 8.03. The number of rotatable bonds is 11. The summed E-state index contributed by atoms with van der Waals surface area (Å²) in [6, 6.07) is 15.5. The Morgan fingerprint density at radius 1 is 1.11 bits per heavy atom. The van der Waals surface area contributed by atoms with Crippen molar-refractivity contribution < 1.29 is 19.5 Å². The summed E-state index contributed by atoms with van der Waals surface area (Å²) in [7, 11) is 0. The summed E-state index contributed by atoms with van der Waals surface area (Å²) >= 11 is 0. The Morgan fingerprint density at radius 3 is 2.45 bits per heavy atom. The van der Waals surface area contributed by atoms with Crippen molar-refractivity contribution in [2.24, 2.45) is 39.4 Å². The molecule has 1 aliphatic heterocycles. The van der Waals surface area contributed by atoms with E-state index in [0.717, 1.165) is 36.0 Å². The normalized spacial score (nSPS) is 24.3. The Balaban J connectivity index is 1.68. The summed E-state index contributed by atoms with van der Waals surface area (Å²) in [6.07, 6.45) is 2.59. The summed E-state index contributed by atoms with van der Waals surface area (Å²) in [5, 5.41) is 9.73. The van der Waals surface area contributed by atoms with Crippen LogP contribution >= 0.6 is 0 Å². The van der Waals surface area contributed by atoms with Gasteiger partial charge in [-0.15, -0.1) is 0 Å². The van der Waals surface area contributed by atoms with Crippen LogP contribution in [0.25, 0.3) is 0 Å². The van der Waals surface area contributed by atoms with Crippen LogP contribution in [0.3, 0.4) is 0 Å². The van der Waals surface area contributed by atoms with Crippen LogP contribution in [-0.2, 0) is 33.6 Å². The van der Waals surface area contributed by atoms with Crippen LogP contribution in [0.2, 0.25) is 0 Å². The van der Waals surface area contributed by atoms with Crippen LogP contribution in [0.5, 0.6) is 0 Å². The molecule has 1 heterocycles. The Kier molecular flexibility index (Phi) is 8.16. The second-order valence-electron chi connectivity index (χ2n) is 10.6. The minimum Gasteiger partial charge on any atom is -0.481 e. The van der Waals surface area contributed by atoms with Gasteiger partial charge in [0.1, 0.15) is 5.78 Å². The molecule has 202 valence electrons. The predicted octanol–water partition coefficient (Wildman–Crippen LogP) is 1.82. The third-order valence-corrected chi connectivity index (χ3v) is 8.03. The van der Waals surface area contributed by atoms with Gasteiger partial charge in [0, 0.05) is 19.6 Å². The number of aliphatic imine (C=N–C) groups is 1. The number of benzene rings is 2. The number of aliphatic carboxylic acids is 1. The van der Waals surface area contributed by atoms with E-state index in [9.17, 15) is 19.5 Å². The Labute approximate surface area is 223 Å². The van der Waals surface area contributed by atoms with E-state index in [1.54, 1.807) is 4.90 Å². The second-order valence-corrected chi connectivity index (χ2v) is 10.6. The number of likely N-dealkylation sites (tertiary alicyclic amines) is 1. The molecule has 0 radical (unpaired) electrons. The molecule has 1 aliphatic carbocycles. The van der Waals surface area contributed by atoms with Crippen LogP contribution in [0.1, 0.15) is 48.1 Å². The van der Waals surface area contributed by atoms with Gasteiger partial charge < -0.3 is 27.2 Å². The van der Waals surface area contributed by atoms with Gasteiger partial charge in [-0.25, -0.2) is 0 Å². The number of hydrogen-bond acceptors (Lipinski definition) is 5. The number of nitrogens with two attached hydrogens (primary N) is 3. The maximum atomic E-state index is 14.0. The van der Waals surface area contributed by atoms with Crippen LogP contribution in [0.15, 0.2) is 53.5 Å². The molecule has 1 saturated heterocycles. The summed E-state index contributed by atoms with van der Waals surface area (Å²) < 4.78 is 0. The molecule has 2 aromatic rings. The summed E-state index contributed by atoms with van der Waals surface area (Å²) in [5.41, 5.74) is 20.0. The van der Waals surface area contributed by atoms with E-state index >= 15 is 0 Å². The van der Waals surface area contributed by atoms with Crippen molar-refractivity contribution in [1.82, 2.24) is 4.90 Å². The van der Waals surface area contributed by atoms with E-state index in [1.807, 2.05) is 42.5 Å². The molecular formula is C29H37N5O4. The second kappa shape index (κ2) is 11.3. The lowest BCUT2D eigenvalue weighted by Gasteiger charge is -2.30. The molecule has 4 rings (SSSR count). The summed E-state index contributed by atoms with van der Waals surface area (Å²) in [6.45, 7) is 2.15. The zero-order chi connectivity index (χ0) is 27.4. The highest BCUT2D eigenvalue weighted by Crippen LogP contribution is 2.51. The van der Waals surface area contributed by atoms with Gasteiger partial charge in [-0.2, -0.15) is 0 Å². The number of amides is 1. The van der Waals surface area contributed by atoms with Gasteiger partial charge in [-0.3, -0.25) is 19.4 Å². The van der Waals surface area contributed by atoms with Gasteiger partial charge in [0.2, 0.25) is 5.91 Å². The Hall–Kier alpha value is -3.72. The van der Waals surface area contributed by atoms with E-state index in [4.69, 9.17) is 17.2 Å². The first-order chi connectivity index (χ1) is 18.2. The molecule has 9 nitrogen and oxygen atoms in total. The number of guanidine groups is 1. The fraction of sp³-hybridized carbons (Fsp3) is 0.448. The van der Waals surface area contributed by atoms with E-state index < -0.39 is 29.8 Å². The fourth-order valence-corrected chi connectivity index (χ4v) is 6.37. The number of carbonyl (C=O) groups is 3. The summed E-state index contributed by atoms with van der Waals surface area (Å²) in [5.74, 6) is -2.24. The van der Waals surface area contributed by atoms with Gasteiger partial charge in [0.05, 0.1) is 23.8 Å². The molecule has 1 fully saturated rings. The van der Waals surface area contributed by atoms with Crippen molar-refractivity contribution in [2.45, 2.75) is 45.1 Å². The molecule has 1 amide bonds. The Morgan fingerprint density at radius 2 is 1.82 bits per heavy atom. The SMILES string of the molecule is CC(=O)C1[C@@H](c2ccc3c(c2)CC(CN=C(N)N)C3)N(CCCc2ccccc2)C(=O)[C@@]1(CN)CC(=O)O. The molecule has 0 aromatic heterocycles. The monoisotopic (exact) mass is 519 g/mol. The van der Waals surface area contributed by atoms with Crippen LogP contribution in [-0.4, -0.2) is 53.3 Å². The number of fused-ring (bicyclic) bond motifs is 1. The van der Waals surface area contributed by atoms with Gasteiger partial charge >= 0.3 is 5.97 Å². The van der Waals surface area contributed by atoms with Crippen molar-refractivity contribution in [2.75, 3.05) is 19.6 Å². The smallest absolute Gasteiger partial charge is 0.304 e. The fourth-order valence-electron chi connectivity index (χ4n) is 6.37. The topological polar surface area (TPSA) is 165 Å². The van der Waals surface area contributed by atoms with Gasteiger partial charge in [-0.05, 0) is 60.8 Å². The number of carboxylic acids is 1. The minimum atomic E-state index is -1.48. The summed E-state index contributed by atoms with van der Waals surface area (Å²) in [4.78, 5) is 44.9. The number of carbonyl (C=O) groups excluding carboxylic acids is 2. The number of Topliss-reactive ketones (excluding diaryl/α,β-unsaturated/α-hetero) is 1. The average molecular weight is 520 g/mol. The molecule has 7 N–H and O–H groups in total. The molecule has 4 atom stereocenters. The van der Waals surface area contributed by atoms with Crippen LogP contribution in [0, 0.1) is 17.3 Å². The molecule has 38 heavy (non-hydrogen) atoms. The lowest BCUT2D eigenvalue weighted by atomic mass is 9.69. The number of carboxylic acid groups (broad SMARTS) is 1. The molecule has 0 bridgehead atoms. The van der Waals surface area contributed by atoms with Crippen molar-refractivity contribution in [3.05, 3.63) is 70.8 Å². The van der Waals surface area contributed by atoms with E-state index in [-0.39, 0.29) is 30.1 Å². The van der Waals surface area contributed by atoms with Crippen LogP contribution in [0.4, 0.5) is 0 Å². The zero-order valence-electron chi connectivity index (χ0n) is 21.8. The van der Waals surface area contributed by atoms with Crippen molar-refractivity contribution >= 4 is 23.6 Å². The molecule has 9 heteroatoms. The first-order valence-electron chi connectivity index (χ1n) is 13.1. The molecule has 2 aromatic carbocycles. The number of aryl methyl sites for hydroxylation is 1. The molecule has 0 spiro atoms. The maximum absolute atomic E-state index is 14.0. The van der Waals surface area contributed by atoms with Crippen LogP contribution < -0.4 is 17.2 Å². The highest BCUT2D eigenvalue weighted by Gasteiger charge is 2.61. The zero-order valence-corrected chi connectivity index (χ0v) is 21.8. The number of hydrogen-bond donors (Lipinski definition) is 4. The average Bonchev–Trinajstić information content (AvgIpc) is 3.39. The van der Waals surface area contributed by atoms with Gasteiger partial charge in [-0.1, -0.05) is 48.5 Å². The first kappa shape index (κ1) is 27.3. The van der Waals surface area contributed by atoms with Gasteiger partial charge in [0.25, 0.3) is 0 Å². The Bertz CT molecular complexity index is 1230. The third kappa shape index (κ3) is 5.43. The van der Waals surface area contributed by atoms with Gasteiger partial charge in [0.15, 0.2) is 5.96 Å². The largest absolute Gasteiger partial charge is 0.481 e. The van der Waals surface area contributed by atoms with Crippen molar-refractivity contribution in [3.8, 4) is 0 Å². The number of ketones is 1. The molecular weight excluding hydrogens is 482 g/mol. The maximum Gasteiger partial charge on any atom is 0.304 e. The standard InChI is InChI=1S/C29H37N5O4/c1-18(35)25-26(22-10-9-21-12-20(13-23(21)14-22)16-33-28(31)32)34(11-5-8-19-6-3-2-4-7-19)27(38)29(25,17-30)15-24(36)37/h2-4,6-7,9-10,14,20,25-26H,5,8,11-13,15-17,30H2,1H3,(H,36,37)(H4,31,32,33)/t20?,25?,26-,29-/m1/s1. The van der Waals surface area contributed by atoms with E-state index in [2.05, 4.69) is 11.1 Å². The van der Waals surface area contributed by atoms with Crippen molar-refractivity contribution in [1.29, 1.82) is 0 Å². The molecule has 2 aliphatic rings. The quantitative estimate of drug-likeness (QED) is 0.260. The number of nitrogens with zero attached hydrogens (tertiary/aromatic N) is 2. The molecule has 0 saturated carbocycles. The highest BCUT2D eigenvalue weighted by atomic mass is 16.4. The lowest BCUT2D eigenvalue weighted by Crippen LogP contribution is -2.46. The predicted molar refractivity (Wildman–Crippen MR) is 145 cm³/mol. The minimum absolute atomic E-state index is 0.0677.